The van der Waals surface area contributed by atoms with E-state index in [9.17, 15) is 9.59 Å². The molecule has 1 aromatic rings. The van der Waals surface area contributed by atoms with Gasteiger partial charge in [-0.05, 0) is 26.0 Å². The molecule has 0 aliphatic rings. The van der Waals surface area contributed by atoms with Gasteiger partial charge < -0.3 is 10.5 Å². The predicted octanol–water partition coefficient (Wildman–Crippen LogP) is 2.72. The minimum atomic E-state index is -0.541. The Kier molecular flexibility index (Phi) is 4.55. The quantitative estimate of drug-likeness (QED) is 0.677. The van der Waals surface area contributed by atoms with E-state index in [4.69, 9.17) is 22.1 Å². The summed E-state index contributed by atoms with van der Waals surface area (Å²) in [6, 6.07) is 3.10. The van der Waals surface area contributed by atoms with Crippen molar-refractivity contribution in [2.24, 2.45) is 0 Å². The Morgan fingerprint density at radius 1 is 1.44 bits per heavy atom. The maximum absolute atomic E-state index is 11.6. The summed E-state index contributed by atoms with van der Waals surface area (Å²) in [7, 11) is 1.52. The number of halogens is 1. The Balaban J connectivity index is 3.23. The van der Waals surface area contributed by atoms with Crippen molar-refractivity contribution in [3.63, 3.8) is 0 Å². The van der Waals surface area contributed by atoms with Crippen LogP contribution in [-0.2, 0) is 4.74 Å². The Labute approximate surface area is 110 Å². The molecule has 1 amide bonds. The molecule has 0 aromatic heterocycles. The molecule has 0 unspecified atom stereocenters. The first-order valence-corrected chi connectivity index (χ1v) is 5.77. The van der Waals surface area contributed by atoms with E-state index in [2.05, 4.69) is 0 Å². The summed E-state index contributed by atoms with van der Waals surface area (Å²) in [6.07, 6.45) is -0.541. The summed E-state index contributed by atoms with van der Waals surface area (Å²) in [6.45, 7) is 3.33. The zero-order chi connectivity index (χ0) is 13.9. The molecule has 0 heterocycles. The van der Waals surface area contributed by atoms with Crippen LogP contribution in [0.5, 0.6) is 0 Å². The highest BCUT2D eigenvalue weighted by Crippen LogP contribution is 2.32. The SMILES string of the molecule is CCOC(=O)N(C)c1ccc(Cl)c(C(C)=O)c1N. The summed E-state index contributed by atoms with van der Waals surface area (Å²) >= 11 is 5.91. The van der Waals surface area contributed by atoms with E-state index in [1.54, 1.807) is 13.0 Å². The van der Waals surface area contributed by atoms with E-state index >= 15 is 0 Å². The molecule has 98 valence electrons. The van der Waals surface area contributed by atoms with Crippen LogP contribution in [0.1, 0.15) is 24.2 Å². The molecule has 2 N–H and O–H groups in total. The highest BCUT2D eigenvalue weighted by Gasteiger charge is 2.19. The molecule has 5 nitrogen and oxygen atoms in total. The number of hydrogen-bond acceptors (Lipinski definition) is 4. The number of hydrogen-bond donors (Lipinski definition) is 1. The number of ketones is 1. The number of nitrogens with zero attached hydrogens (tertiary/aromatic N) is 1. The zero-order valence-electron chi connectivity index (χ0n) is 10.5. The first-order chi connectivity index (χ1) is 8.40. The fourth-order valence-electron chi connectivity index (χ4n) is 1.55. The van der Waals surface area contributed by atoms with Crippen molar-refractivity contribution in [2.75, 3.05) is 24.3 Å². The Morgan fingerprint density at radius 3 is 2.56 bits per heavy atom. The molecular weight excluding hydrogens is 256 g/mol. The minimum Gasteiger partial charge on any atom is -0.449 e. The number of carbonyl (C=O) groups is 2. The van der Waals surface area contributed by atoms with Gasteiger partial charge >= 0.3 is 6.09 Å². The molecule has 1 aromatic carbocycles. The lowest BCUT2D eigenvalue weighted by Gasteiger charge is -2.20. The topological polar surface area (TPSA) is 72.6 Å². The van der Waals surface area contributed by atoms with Gasteiger partial charge in [-0.1, -0.05) is 11.6 Å². The number of carbonyl (C=O) groups excluding carboxylic acids is 2. The standard InChI is InChI=1S/C12H15ClN2O3/c1-4-18-12(17)15(3)9-6-5-8(13)10(7(2)16)11(9)14/h5-6H,4,14H2,1-3H3. The summed E-state index contributed by atoms with van der Waals surface area (Å²) < 4.78 is 4.86. The molecule has 0 radical (unpaired) electrons. The number of nitrogens with two attached hydrogens (primary N) is 1. The number of amides is 1. The van der Waals surface area contributed by atoms with Crippen molar-refractivity contribution in [2.45, 2.75) is 13.8 Å². The van der Waals surface area contributed by atoms with Crippen LogP contribution < -0.4 is 10.6 Å². The molecule has 0 saturated heterocycles. The van der Waals surface area contributed by atoms with Crippen LogP contribution in [0.2, 0.25) is 5.02 Å². The molecule has 0 aliphatic heterocycles. The molecule has 0 atom stereocenters. The fourth-order valence-corrected chi connectivity index (χ4v) is 1.85. The summed E-state index contributed by atoms with van der Waals surface area (Å²) in [5.74, 6) is -0.253. The van der Waals surface area contributed by atoms with Gasteiger partial charge in [0, 0.05) is 7.05 Å². The Bertz CT molecular complexity index is 488. The summed E-state index contributed by atoms with van der Waals surface area (Å²) in [5, 5.41) is 0.265. The largest absolute Gasteiger partial charge is 0.449 e. The molecule has 0 aliphatic carbocycles. The van der Waals surface area contributed by atoms with Gasteiger partial charge in [-0.3, -0.25) is 9.69 Å². The Hall–Kier alpha value is -1.75. The lowest BCUT2D eigenvalue weighted by atomic mass is 10.1. The smallest absolute Gasteiger partial charge is 0.414 e. The van der Waals surface area contributed by atoms with Crippen LogP contribution in [0.3, 0.4) is 0 Å². The van der Waals surface area contributed by atoms with E-state index in [-0.39, 0.29) is 28.7 Å². The highest BCUT2D eigenvalue weighted by atomic mass is 35.5. The number of Topliss-reactive ketones (excluding diaryl/α,β-unsaturated/α-hetero) is 1. The summed E-state index contributed by atoms with van der Waals surface area (Å²) in [5.41, 5.74) is 6.64. The van der Waals surface area contributed by atoms with Crippen LogP contribution in [-0.4, -0.2) is 25.5 Å². The van der Waals surface area contributed by atoms with E-state index in [0.717, 1.165) is 0 Å². The third kappa shape index (κ3) is 2.73. The van der Waals surface area contributed by atoms with Crippen molar-refractivity contribution < 1.29 is 14.3 Å². The van der Waals surface area contributed by atoms with Crippen LogP contribution in [0.4, 0.5) is 16.2 Å². The minimum absolute atomic E-state index is 0.172. The van der Waals surface area contributed by atoms with Crippen LogP contribution in [0.25, 0.3) is 0 Å². The second-order valence-corrected chi connectivity index (χ2v) is 4.08. The molecule has 0 saturated carbocycles. The van der Waals surface area contributed by atoms with Crippen molar-refractivity contribution in [1.82, 2.24) is 0 Å². The normalized spacial score (nSPS) is 10.0. The van der Waals surface area contributed by atoms with E-state index in [0.29, 0.717) is 5.69 Å². The number of ether oxygens (including phenoxy) is 1. The average Bonchev–Trinajstić information content (AvgIpc) is 2.28. The number of rotatable bonds is 3. The van der Waals surface area contributed by atoms with Gasteiger partial charge in [-0.25, -0.2) is 4.79 Å². The van der Waals surface area contributed by atoms with Gasteiger partial charge in [0.1, 0.15) is 0 Å². The second-order valence-electron chi connectivity index (χ2n) is 3.67. The molecule has 1 rings (SSSR count). The maximum Gasteiger partial charge on any atom is 0.414 e. The average molecular weight is 271 g/mol. The Morgan fingerprint density at radius 2 is 2.06 bits per heavy atom. The van der Waals surface area contributed by atoms with Crippen LogP contribution in [0, 0.1) is 0 Å². The first kappa shape index (κ1) is 14.3. The lowest BCUT2D eigenvalue weighted by molar-refractivity contribution is 0.101. The molecule has 18 heavy (non-hydrogen) atoms. The fraction of sp³-hybridized carbons (Fsp3) is 0.333. The zero-order valence-corrected chi connectivity index (χ0v) is 11.2. The molecule has 6 heteroatoms. The second kappa shape index (κ2) is 5.73. The van der Waals surface area contributed by atoms with Crippen molar-refractivity contribution >= 4 is 34.9 Å². The van der Waals surface area contributed by atoms with Crippen LogP contribution in [0.15, 0.2) is 12.1 Å². The van der Waals surface area contributed by atoms with Gasteiger partial charge in [0.25, 0.3) is 0 Å². The van der Waals surface area contributed by atoms with Gasteiger partial charge in [-0.15, -0.1) is 0 Å². The van der Waals surface area contributed by atoms with Crippen molar-refractivity contribution in [3.05, 3.63) is 22.7 Å². The number of benzene rings is 1. The monoisotopic (exact) mass is 270 g/mol. The third-order valence-corrected chi connectivity index (χ3v) is 2.74. The van der Waals surface area contributed by atoms with Gasteiger partial charge in [-0.2, -0.15) is 0 Å². The van der Waals surface area contributed by atoms with E-state index in [1.165, 1.54) is 24.9 Å². The van der Waals surface area contributed by atoms with Gasteiger partial charge in [0.05, 0.1) is 28.6 Å². The summed E-state index contributed by atoms with van der Waals surface area (Å²) in [4.78, 5) is 24.3. The van der Waals surface area contributed by atoms with E-state index in [1.807, 2.05) is 0 Å². The predicted molar refractivity (Wildman–Crippen MR) is 71.3 cm³/mol. The molecule has 0 spiro atoms. The number of nitrogen functional groups attached to an aromatic ring is 1. The van der Waals surface area contributed by atoms with E-state index < -0.39 is 6.09 Å². The number of anilines is 2. The van der Waals surface area contributed by atoms with Crippen molar-refractivity contribution in [1.29, 1.82) is 0 Å². The van der Waals surface area contributed by atoms with Gasteiger partial charge in [0.15, 0.2) is 5.78 Å². The van der Waals surface area contributed by atoms with Crippen LogP contribution >= 0.6 is 11.6 Å². The molecule has 0 bridgehead atoms. The third-order valence-electron chi connectivity index (χ3n) is 2.43. The lowest BCUT2D eigenvalue weighted by Crippen LogP contribution is -2.28. The van der Waals surface area contributed by atoms with Gasteiger partial charge in [0.2, 0.25) is 0 Å². The molecular formula is C12H15ClN2O3. The highest BCUT2D eigenvalue weighted by molar-refractivity contribution is 6.35. The first-order valence-electron chi connectivity index (χ1n) is 5.39. The molecule has 0 fully saturated rings. The van der Waals surface area contributed by atoms with Crippen molar-refractivity contribution in [3.8, 4) is 0 Å². The maximum atomic E-state index is 11.6.